The number of halogens is 1. The van der Waals surface area contributed by atoms with Crippen LogP contribution in [0.3, 0.4) is 0 Å². The summed E-state index contributed by atoms with van der Waals surface area (Å²) in [6.07, 6.45) is -1.68. The molecule has 18 heavy (non-hydrogen) atoms. The highest BCUT2D eigenvalue weighted by Gasteiger charge is 2.31. The van der Waals surface area contributed by atoms with E-state index in [0.717, 1.165) is 0 Å². The van der Waals surface area contributed by atoms with E-state index in [2.05, 4.69) is 16.7 Å². The van der Waals surface area contributed by atoms with E-state index < -0.39 is 18.3 Å². The smallest absolute Gasteiger partial charge is 0.327 e. The maximum absolute atomic E-state index is 13.2. The van der Waals surface area contributed by atoms with Gasteiger partial charge in [0.05, 0.1) is 5.69 Å². The van der Waals surface area contributed by atoms with Gasteiger partial charge in [-0.3, -0.25) is 0 Å². The maximum atomic E-state index is 13.2. The number of hydrogen-bond acceptors (Lipinski definition) is 5. The molecule has 0 aromatic carbocycles. The zero-order chi connectivity index (χ0) is 12.9. The molecule has 1 unspecified atom stereocenters. The van der Waals surface area contributed by atoms with Gasteiger partial charge in [-0.2, -0.15) is 9.37 Å². The molecular formula is C11H11FN4O2. The Bertz CT molecular complexity index is 639. The summed E-state index contributed by atoms with van der Waals surface area (Å²) in [6.45, 7) is 3.60. The van der Waals surface area contributed by atoms with Crippen molar-refractivity contribution in [2.45, 2.75) is 18.6 Å². The molecule has 2 atom stereocenters. The number of aliphatic hydroxyl groups excluding tert-OH is 1. The topological polar surface area (TPSA) is 85.7 Å². The van der Waals surface area contributed by atoms with Gasteiger partial charge in [-0.15, -0.1) is 5.10 Å². The monoisotopic (exact) mass is 250 g/mol. The molecule has 0 amide bonds. The fraction of sp³-hybridized carbons (Fsp3) is 0.273. The Morgan fingerprint density at radius 1 is 1.56 bits per heavy atom. The van der Waals surface area contributed by atoms with E-state index >= 15 is 0 Å². The Kier molecular flexibility index (Phi) is 2.24. The lowest BCUT2D eigenvalue weighted by Gasteiger charge is -2.09. The molecule has 0 bridgehead atoms. The zero-order valence-corrected chi connectivity index (χ0v) is 9.38. The minimum absolute atomic E-state index is 0.0612. The summed E-state index contributed by atoms with van der Waals surface area (Å²) in [6, 6.07) is 3.40. The fourth-order valence-corrected chi connectivity index (χ4v) is 2.08. The molecule has 3 N–H and O–H groups in total. The molecule has 1 saturated heterocycles. The quantitative estimate of drug-likeness (QED) is 0.781. The molecule has 1 fully saturated rings. The summed E-state index contributed by atoms with van der Waals surface area (Å²) in [7, 11) is 0. The van der Waals surface area contributed by atoms with Crippen LogP contribution in [0, 0.1) is 6.08 Å². The number of nitrogens with two attached hydrogens (primary N) is 1. The third-order valence-corrected chi connectivity index (χ3v) is 2.97. The number of rotatable bonds is 1. The van der Waals surface area contributed by atoms with Crippen molar-refractivity contribution in [1.82, 2.24) is 14.6 Å². The van der Waals surface area contributed by atoms with Crippen molar-refractivity contribution in [2.75, 3.05) is 5.73 Å². The van der Waals surface area contributed by atoms with Crippen LogP contribution in [0.25, 0.3) is 5.52 Å². The lowest BCUT2D eigenvalue weighted by Crippen LogP contribution is -2.09. The molecule has 6 nitrogen and oxygen atoms in total. The molecule has 0 saturated carbocycles. The number of fused-ring (bicyclic) bond motifs is 1. The van der Waals surface area contributed by atoms with Crippen molar-refractivity contribution >= 4 is 11.3 Å². The van der Waals surface area contributed by atoms with Crippen molar-refractivity contribution in [3.63, 3.8) is 0 Å². The number of nitrogen functional groups attached to an aromatic ring is 1. The summed E-state index contributed by atoms with van der Waals surface area (Å²) in [5, 5.41) is 13.2. The normalized spacial score (nSPS) is 23.6. The van der Waals surface area contributed by atoms with Gasteiger partial charge in [-0.1, -0.05) is 6.58 Å². The van der Waals surface area contributed by atoms with Crippen LogP contribution in [-0.4, -0.2) is 25.8 Å². The second kappa shape index (κ2) is 3.67. The summed E-state index contributed by atoms with van der Waals surface area (Å²) >= 11 is 0. The Labute approximate surface area is 101 Å². The molecule has 1 aliphatic rings. The first-order valence-electron chi connectivity index (χ1n) is 5.40. The predicted octanol–water partition coefficient (Wildman–Crippen LogP) is 0.787. The molecule has 0 aliphatic carbocycles. The van der Waals surface area contributed by atoms with Crippen LogP contribution in [0.15, 0.2) is 24.5 Å². The van der Waals surface area contributed by atoms with E-state index in [4.69, 9.17) is 10.5 Å². The number of ether oxygens (including phenoxy) is 1. The van der Waals surface area contributed by atoms with Gasteiger partial charge < -0.3 is 15.6 Å². The summed E-state index contributed by atoms with van der Waals surface area (Å²) < 4.78 is 19.9. The van der Waals surface area contributed by atoms with Crippen molar-refractivity contribution in [1.29, 1.82) is 0 Å². The second-order valence-corrected chi connectivity index (χ2v) is 4.15. The Hall–Kier alpha value is -2.15. The third-order valence-electron chi connectivity index (χ3n) is 2.97. The first-order chi connectivity index (χ1) is 8.56. The van der Waals surface area contributed by atoms with E-state index in [9.17, 15) is 9.50 Å². The molecule has 3 heterocycles. The average Bonchev–Trinajstić information content (AvgIpc) is 2.83. The first-order valence-corrected chi connectivity index (χ1v) is 5.40. The molecular weight excluding hydrogens is 239 g/mol. The molecule has 2 aromatic rings. The summed E-state index contributed by atoms with van der Waals surface area (Å²) in [5.41, 5.74) is 6.71. The van der Waals surface area contributed by atoms with Crippen molar-refractivity contribution in [2.24, 2.45) is 0 Å². The molecule has 94 valence electrons. The Balaban J connectivity index is 2.11. The number of hydrogen-bond donors (Lipinski definition) is 2. The van der Waals surface area contributed by atoms with Crippen LogP contribution in [0.4, 0.5) is 10.2 Å². The van der Waals surface area contributed by atoms with Crippen molar-refractivity contribution in [3.8, 4) is 0 Å². The summed E-state index contributed by atoms with van der Waals surface area (Å²) in [4.78, 5) is 3.44. The Morgan fingerprint density at radius 3 is 3.00 bits per heavy atom. The average molecular weight is 250 g/mol. The van der Waals surface area contributed by atoms with Crippen LogP contribution in [0.1, 0.15) is 18.2 Å². The van der Waals surface area contributed by atoms with E-state index in [0.29, 0.717) is 23.4 Å². The number of aliphatic hydroxyl groups is 1. The third kappa shape index (κ3) is 1.52. The van der Waals surface area contributed by atoms with Crippen LogP contribution in [-0.2, 0) is 4.74 Å². The maximum Gasteiger partial charge on any atom is 0.327 e. The highest BCUT2D eigenvalue weighted by atomic mass is 19.1. The van der Waals surface area contributed by atoms with Crippen LogP contribution in [0.2, 0.25) is 0 Å². The first kappa shape index (κ1) is 11.0. The van der Waals surface area contributed by atoms with Crippen LogP contribution >= 0.6 is 0 Å². The van der Waals surface area contributed by atoms with Gasteiger partial charge in [-0.05, 0) is 12.1 Å². The van der Waals surface area contributed by atoms with E-state index in [1.165, 1.54) is 4.52 Å². The van der Waals surface area contributed by atoms with Gasteiger partial charge in [0, 0.05) is 6.42 Å². The van der Waals surface area contributed by atoms with Gasteiger partial charge in [0.1, 0.15) is 23.5 Å². The van der Waals surface area contributed by atoms with E-state index in [1.807, 2.05) is 0 Å². The van der Waals surface area contributed by atoms with E-state index in [-0.39, 0.29) is 5.82 Å². The molecule has 3 rings (SSSR count). The molecule has 0 radical (unpaired) electrons. The number of anilines is 1. The fourth-order valence-electron chi connectivity index (χ4n) is 2.08. The highest BCUT2D eigenvalue weighted by molar-refractivity contribution is 5.65. The minimum atomic E-state index is -0.908. The predicted molar refractivity (Wildman–Crippen MR) is 60.9 cm³/mol. The Morgan fingerprint density at radius 2 is 2.33 bits per heavy atom. The van der Waals surface area contributed by atoms with E-state index in [1.54, 1.807) is 12.1 Å². The second-order valence-electron chi connectivity index (χ2n) is 4.15. The van der Waals surface area contributed by atoms with Crippen molar-refractivity contribution in [3.05, 3.63) is 36.2 Å². The van der Waals surface area contributed by atoms with Gasteiger partial charge in [-0.25, -0.2) is 4.52 Å². The van der Waals surface area contributed by atoms with Gasteiger partial charge in [0.25, 0.3) is 0 Å². The lowest BCUT2D eigenvalue weighted by atomic mass is 10.1. The van der Waals surface area contributed by atoms with Gasteiger partial charge >= 0.3 is 6.08 Å². The number of aromatic nitrogens is 3. The van der Waals surface area contributed by atoms with Crippen LogP contribution in [0.5, 0.6) is 0 Å². The molecule has 0 spiro atoms. The highest BCUT2D eigenvalue weighted by Crippen LogP contribution is 2.35. The SMILES string of the molecule is C=C1OC(c2ccc3c(N)nc(F)nn23)C[C@@H]1O. The largest absolute Gasteiger partial charge is 0.486 e. The van der Waals surface area contributed by atoms with Crippen LogP contribution < -0.4 is 5.73 Å². The van der Waals surface area contributed by atoms with Gasteiger partial charge in [0.15, 0.2) is 5.82 Å². The summed E-state index contributed by atoms with van der Waals surface area (Å²) in [5.74, 6) is 0.364. The minimum Gasteiger partial charge on any atom is -0.486 e. The standard InChI is InChI=1S/C11H11FN4O2/c1-5-8(17)4-9(18-5)6-2-3-7-10(13)14-11(12)15-16(6)7/h2-3,8-9,17H,1,4H2,(H2,13,14,15)/t8-,9?/m0/s1. The zero-order valence-electron chi connectivity index (χ0n) is 9.38. The molecule has 2 aromatic heterocycles. The lowest BCUT2D eigenvalue weighted by molar-refractivity contribution is 0.152. The van der Waals surface area contributed by atoms with Crippen molar-refractivity contribution < 1.29 is 14.2 Å². The number of nitrogens with zero attached hydrogens (tertiary/aromatic N) is 3. The molecule has 1 aliphatic heterocycles. The molecule has 7 heteroatoms. The van der Waals surface area contributed by atoms with Gasteiger partial charge in [0.2, 0.25) is 0 Å².